The van der Waals surface area contributed by atoms with E-state index in [4.69, 9.17) is 0 Å². The summed E-state index contributed by atoms with van der Waals surface area (Å²) in [5.74, 6) is -0.254. The largest absolute Gasteiger partial charge is 0.325 e. The lowest BCUT2D eigenvalue weighted by Gasteiger charge is -2.15. The second-order valence-electron chi connectivity index (χ2n) is 4.18. The Kier molecular flexibility index (Phi) is 3.87. The van der Waals surface area contributed by atoms with Crippen molar-refractivity contribution in [2.75, 3.05) is 5.32 Å². The van der Waals surface area contributed by atoms with Gasteiger partial charge in [-0.3, -0.25) is 14.9 Å². The molecular formula is C11H13BrN2O3. The van der Waals surface area contributed by atoms with Gasteiger partial charge < -0.3 is 5.32 Å². The fourth-order valence-corrected chi connectivity index (χ4v) is 1.26. The summed E-state index contributed by atoms with van der Waals surface area (Å²) in [5, 5.41) is 13.4. The Labute approximate surface area is 107 Å². The lowest BCUT2D eigenvalue weighted by molar-refractivity contribution is -0.385. The van der Waals surface area contributed by atoms with E-state index in [1.165, 1.54) is 6.07 Å². The third-order valence-corrected chi connectivity index (χ3v) is 2.56. The van der Waals surface area contributed by atoms with Crippen molar-refractivity contribution in [3.63, 3.8) is 0 Å². The van der Waals surface area contributed by atoms with Crippen molar-refractivity contribution in [2.24, 2.45) is 0 Å². The molecule has 0 aliphatic rings. The summed E-state index contributed by atoms with van der Waals surface area (Å²) in [6.07, 6.45) is 0. The number of nitrogens with one attached hydrogen (secondary N) is 1. The van der Waals surface area contributed by atoms with Crippen LogP contribution in [0.3, 0.4) is 0 Å². The number of amides is 1. The van der Waals surface area contributed by atoms with E-state index in [0.717, 1.165) is 0 Å². The van der Waals surface area contributed by atoms with Gasteiger partial charge in [0.2, 0.25) is 5.91 Å². The number of aryl methyl sites for hydroxylation is 1. The van der Waals surface area contributed by atoms with Crippen molar-refractivity contribution in [1.82, 2.24) is 0 Å². The zero-order chi connectivity index (χ0) is 13.2. The normalized spacial score (nSPS) is 11.1. The molecule has 5 nitrogen and oxygen atoms in total. The highest BCUT2D eigenvalue weighted by atomic mass is 79.9. The van der Waals surface area contributed by atoms with Gasteiger partial charge in [0.25, 0.3) is 5.69 Å². The van der Waals surface area contributed by atoms with Gasteiger partial charge in [0.15, 0.2) is 0 Å². The SMILES string of the molecule is Cc1ccc(NC(=O)C(C)(C)Br)cc1[N+](=O)[O-]. The number of hydrogen-bond acceptors (Lipinski definition) is 3. The number of nitrogens with zero attached hydrogens (tertiary/aromatic N) is 1. The van der Waals surface area contributed by atoms with Gasteiger partial charge in [0.05, 0.1) is 9.25 Å². The van der Waals surface area contributed by atoms with Crippen LogP contribution in [0.4, 0.5) is 11.4 Å². The molecule has 0 atom stereocenters. The summed E-state index contributed by atoms with van der Waals surface area (Å²) >= 11 is 3.22. The first-order valence-corrected chi connectivity index (χ1v) is 5.76. The van der Waals surface area contributed by atoms with Crippen molar-refractivity contribution in [3.05, 3.63) is 33.9 Å². The number of nitro benzene ring substituents is 1. The number of hydrogen-bond donors (Lipinski definition) is 1. The molecule has 0 spiro atoms. The van der Waals surface area contributed by atoms with E-state index in [1.54, 1.807) is 32.9 Å². The van der Waals surface area contributed by atoms with Gasteiger partial charge in [-0.25, -0.2) is 0 Å². The number of nitro groups is 1. The third kappa shape index (κ3) is 3.52. The molecule has 1 amide bonds. The Morgan fingerprint density at radius 3 is 2.53 bits per heavy atom. The fourth-order valence-electron chi connectivity index (χ4n) is 1.16. The van der Waals surface area contributed by atoms with Crippen LogP contribution in [0.25, 0.3) is 0 Å². The van der Waals surface area contributed by atoms with Crippen LogP contribution in [0, 0.1) is 17.0 Å². The van der Waals surface area contributed by atoms with Crippen molar-refractivity contribution in [1.29, 1.82) is 0 Å². The Morgan fingerprint density at radius 2 is 2.06 bits per heavy atom. The van der Waals surface area contributed by atoms with Crippen LogP contribution in [0.1, 0.15) is 19.4 Å². The summed E-state index contributed by atoms with van der Waals surface area (Å²) in [7, 11) is 0. The van der Waals surface area contributed by atoms with Crippen LogP contribution in [0.5, 0.6) is 0 Å². The average Bonchev–Trinajstić information content (AvgIpc) is 2.19. The predicted octanol–water partition coefficient (Wildman–Crippen LogP) is 3.02. The minimum Gasteiger partial charge on any atom is -0.325 e. The minimum absolute atomic E-state index is 0.00446. The molecule has 0 radical (unpaired) electrons. The lowest BCUT2D eigenvalue weighted by atomic mass is 10.1. The van der Waals surface area contributed by atoms with Crippen LogP contribution >= 0.6 is 15.9 Å². The van der Waals surface area contributed by atoms with Gasteiger partial charge in [-0.1, -0.05) is 22.0 Å². The number of carbonyl (C=O) groups excluding carboxylic acids is 1. The standard InChI is InChI=1S/C11H13BrN2O3/c1-7-4-5-8(6-9(7)14(16)17)13-10(15)11(2,3)12/h4-6H,1-3H3,(H,13,15). The van der Waals surface area contributed by atoms with Gasteiger partial charge in [-0.15, -0.1) is 0 Å². The first kappa shape index (κ1) is 13.6. The first-order chi connectivity index (χ1) is 7.71. The lowest BCUT2D eigenvalue weighted by Crippen LogP contribution is -2.30. The summed E-state index contributed by atoms with van der Waals surface area (Å²) in [6, 6.07) is 4.60. The first-order valence-electron chi connectivity index (χ1n) is 4.97. The molecule has 92 valence electrons. The molecule has 0 saturated heterocycles. The maximum atomic E-state index is 11.7. The number of rotatable bonds is 3. The predicted molar refractivity (Wildman–Crippen MR) is 69.5 cm³/mol. The molecule has 1 rings (SSSR count). The summed E-state index contributed by atoms with van der Waals surface area (Å²) in [5.41, 5.74) is 0.973. The van der Waals surface area contributed by atoms with Crippen LogP contribution in [-0.4, -0.2) is 15.2 Å². The van der Waals surface area contributed by atoms with Gasteiger partial charge in [-0.05, 0) is 26.8 Å². The molecule has 0 saturated carbocycles. The van der Waals surface area contributed by atoms with Gasteiger partial charge in [0, 0.05) is 17.3 Å². The molecule has 1 N–H and O–H groups in total. The maximum Gasteiger partial charge on any atom is 0.274 e. The topological polar surface area (TPSA) is 72.2 Å². The third-order valence-electron chi connectivity index (χ3n) is 2.20. The molecule has 0 heterocycles. The molecule has 1 aromatic rings. The number of alkyl halides is 1. The van der Waals surface area contributed by atoms with E-state index in [2.05, 4.69) is 21.2 Å². The van der Waals surface area contributed by atoms with Crippen molar-refractivity contribution < 1.29 is 9.72 Å². The second-order valence-corrected chi connectivity index (χ2v) is 6.17. The highest BCUT2D eigenvalue weighted by molar-refractivity contribution is 9.10. The molecule has 0 aliphatic heterocycles. The van der Waals surface area contributed by atoms with E-state index in [9.17, 15) is 14.9 Å². The van der Waals surface area contributed by atoms with Gasteiger partial charge in [0.1, 0.15) is 0 Å². The summed E-state index contributed by atoms with van der Waals surface area (Å²) < 4.78 is -0.716. The molecule has 17 heavy (non-hydrogen) atoms. The van der Waals surface area contributed by atoms with Crippen LogP contribution in [0.15, 0.2) is 18.2 Å². The van der Waals surface area contributed by atoms with E-state index in [-0.39, 0.29) is 11.6 Å². The molecule has 6 heteroatoms. The maximum absolute atomic E-state index is 11.7. The minimum atomic E-state index is -0.716. The van der Waals surface area contributed by atoms with Crippen LogP contribution in [-0.2, 0) is 4.79 Å². The molecule has 0 unspecified atom stereocenters. The fraction of sp³-hybridized carbons (Fsp3) is 0.364. The molecule has 0 aromatic heterocycles. The second kappa shape index (κ2) is 4.83. The molecule has 1 aromatic carbocycles. The molecule has 0 bridgehead atoms. The van der Waals surface area contributed by atoms with E-state index < -0.39 is 9.25 Å². The van der Waals surface area contributed by atoms with E-state index in [1.807, 2.05) is 0 Å². The Bertz CT molecular complexity index is 466. The molecule has 0 aliphatic carbocycles. The molecule has 0 fully saturated rings. The van der Waals surface area contributed by atoms with Crippen LogP contribution in [0.2, 0.25) is 0 Å². The zero-order valence-corrected chi connectivity index (χ0v) is 11.4. The molecular weight excluding hydrogens is 288 g/mol. The van der Waals surface area contributed by atoms with Gasteiger partial charge >= 0.3 is 0 Å². The van der Waals surface area contributed by atoms with Crippen molar-refractivity contribution >= 4 is 33.2 Å². The van der Waals surface area contributed by atoms with Crippen LogP contribution < -0.4 is 5.32 Å². The Hall–Kier alpha value is -1.43. The Balaban J connectivity index is 2.98. The summed E-state index contributed by atoms with van der Waals surface area (Å²) in [4.78, 5) is 21.9. The van der Waals surface area contributed by atoms with E-state index in [0.29, 0.717) is 11.3 Å². The van der Waals surface area contributed by atoms with Crippen molar-refractivity contribution in [3.8, 4) is 0 Å². The number of halogens is 1. The number of carbonyl (C=O) groups is 1. The zero-order valence-electron chi connectivity index (χ0n) is 9.78. The number of benzene rings is 1. The number of anilines is 1. The summed E-state index contributed by atoms with van der Waals surface area (Å²) in [6.45, 7) is 5.05. The average molecular weight is 301 g/mol. The van der Waals surface area contributed by atoms with Gasteiger partial charge in [-0.2, -0.15) is 0 Å². The highest BCUT2D eigenvalue weighted by Gasteiger charge is 2.24. The monoisotopic (exact) mass is 300 g/mol. The Morgan fingerprint density at radius 1 is 1.47 bits per heavy atom. The smallest absolute Gasteiger partial charge is 0.274 e. The highest BCUT2D eigenvalue weighted by Crippen LogP contribution is 2.24. The van der Waals surface area contributed by atoms with Crippen molar-refractivity contribution in [2.45, 2.75) is 25.1 Å². The quantitative estimate of drug-likeness (QED) is 0.530. The van der Waals surface area contributed by atoms with E-state index >= 15 is 0 Å².